The van der Waals surface area contributed by atoms with Gasteiger partial charge in [-0.25, -0.2) is 13.5 Å². The number of carbonyl (C=O) groups is 1. The molecule has 4 atom stereocenters. The van der Waals surface area contributed by atoms with Gasteiger partial charge in [0.15, 0.2) is 5.69 Å². The van der Waals surface area contributed by atoms with Gasteiger partial charge in [0.05, 0.1) is 45.0 Å². The Labute approximate surface area is 204 Å². The first-order valence-corrected chi connectivity index (χ1v) is 11.9. The van der Waals surface area contributed by atoms with Crippen molar-refractivity contribution in [2.24, 2.45) is 5.92 Å². The van der Waals surface area contributed by atoms with E-state index in [0.29, 0.717) is 38.4 Å². The zero-order chi connectivity index (χ0) is 25.5. The third kappa shape index (κ3) is 6.06. The second-order valence-corrected chi connectivity index (χ2v) is 9.66. The molecule has 3 aliphatic heterocycles. The minimum atomic E-state index is -4.65. The number of likely N-dealkylation sites (tertiary alicyclic amines) is 1. The fraction of sp³-hybridized carbons (Fsp3) is 0.652. The molecule has 36 heavy (non-hydrogen) atoms. The summed E-state index contributed by atoms with van der Waals surface area (Å²) in [5.74, 6) is -2.57. The number of nitrogens with one attached hydrogen (secondary N) is 1. The molecule has 198 valence electrons. The van der Waals surface area contributed by atoms with Crippen LogP contribution in [0.1, 0.15) is 29.8 Å². The number of fused-ring (bicyclic) bond motifs is 2. The molecule has 1 aromatic heterocycles. The molecule has 4 heterocycles. The Bertz CT molecular complexity index is 1010. The minimum absolute atomic E-state index is 0.0719. The first kappa shape index (κ1) is 25.2. The Morgan fingerprint density at radius 3 is 2.83 bits per heavy atom. The topological polar surface area (TPSA) is 77.8 Å². The van der Waals surface area contributed by atoms with Crippen LogP contribution in [0.3, 0.4) is 0 Å². The minimum Gasteiger partial charge on any atom is -0.472 e. The number of nitrogens with zero attached hydrogens (tertiary/aromatic N) is 3. The summed E-state index contributed by atoms with van der Waals surface area (Å²) in [5, 5.41) is 7.22. The quantitative estimate of drug-likeness (QED) is 0.534. The highest BCUT2D eigenvalue weighted by Gasteiger charge is 2.43. The highest BCUT2D eigenvalue weighted by molar-refractivity contribution is 5.92. The Hall–Kier alpha value is -2.51. The van der Waals surface area contributed by atoms with Crippen molar-refractivity contribution in [2.45, 2.75) is 56.3 Å². The molecular weight excluding hydrogens is 491 g/mol. The maximum Gasteiger partial charge on any atom is 0.522 e. The molecule has 0 spiro atoms. The number of rotatable bonds is 8. The number of hydrogen-bond acceptors (Lipinski definition) is 6. The molecule has 3 unspecified atom stereocenters. The molecule has 8 nitrogen and oxygen atoms in total. The van der Waals surface area contributed by atoms with Crippen molar-refractivity contribution in [3.63, 3.8) is 0 Å². The number of hydrogen-bond donors (Lipinski definition) is 1. The molecule has 1 aliphatic carbocycles. The van der Waals surface area contributed by atoms with Crippen LogP contribution < -0.4 is 10.1 Å². The second kappa shape index (κ2) is 9.75. The van der Waals surface area contributed by atoms with E-state index >= 15 is 0 Å². The monoisotopic (exact) mass is 518 g/mol. The third-order valence-electron chi connectivity index (χ3n) is 6.71. The van der Waals surface area contributed by atoms with Gasteiger partial charge in [-0.05, 0) is 24.8 Å². The largest absolute Gasteiger partial charge is 0.522 e. The fourth-order valence-electron chi connectivity index (χ4n) is 4.98. The van der Waals surface area contributed by atoms with E-state index in [1.54, 1.807) is 21.7 Å². The second-order valence-electron chi connectivity index (χ2n) is 9.66. The normalized spacial score (nSPS) is 29.1. The molecular formula is C23H27F5N4O4. The fourth-order valence-corrected chi connectivity index (χ4v) is 4.98. The Morgan fingerprint density at radius 1 is 1.31 bits per heavy atom. The molecule has 5 rings (SSSR count). The molecule has 0 aromatic carbocycles. The zero-order valence-corrected chi connectivity index (χ0v) is 19.3. The number of ether oxygens (including phenoxy) is 3. The lowest BCUT2D eigenvalue weighted by molar-refractivity contribution is -0.324. The summed E-state index contributed by atoms with van der Waals surface area (Å²) >= 11 is 0. The van der Waals surface area contributed by atoms with Crippen molar-refractivity contribution in [1.29, 1.82) is 0 Å². The molecule has 0 bridgehead atoms. The van der Waals surface area contributed by atoms with Crippen molar-refractivity contribution in [2.75, 3.05) is 32.8 Å². The lowest BCUT2D eigenvalue weighted by atomic mass is 9.85. The third-order valence-corrected chi connectivity index (χ3v) is 6.71. The Balaban J connectivity index is 1.08. The smallest absolute Gasteiger partial charge is 0.472 e. The van der Waals surface area contributed by atoms with Crippen LogP contribution in [-0.2, 0) is 16.0 Å². The van der Waals surface area contributed by atoms with Crippen molar-refractivity contribution in [3.05, 3.63) is 35.6 Å². The van der Waals surface area contributed by atoms with Gasteiger partial charge in [0, 0.05) is 18.5 Å². The van der Waals surface area contributed by atoms with Crippen LogP contribution in [0.15, 0.2) is 29.9 Å². The van der Waals surface area contributed by atoms with E-state index in [9.17, 15) is 26.7 Å². The van der Waals surface area contributed by atoms with E-state index in [4.69, 9.17) is 9.47 Å². The zero-order valence-electron chi connectivity index (χ0n) is 19.3. The van der Waals surface area contributed by atoms with Crippen molar-refractivity contribution in [3.8, 4) is 5.88 Å². The van der Waals surface area contributed by atoms with Gasteiger partial charge in [-0.3, -0.25) is 14.4 Å². The Kier molecular flexibility index (Phi) is 6.81. The molecule has 1 N–H and O–H groups in total. The van der Waals surface area contributed by atoms with Crippen LogP contribution in [-0.4, -0.2) is 84.0 Å². The van der Waals surface area contributed by atoms with Gasteiger partial charge in [-0.15, -0.1) is 13.2 Å². The first-order valence-electron chi connectivity index (χ1n) is 11.9. The Morgan fingerprint density at radius 2 is 2.11 bits per heavy atom. The lowest BCUT2D eigenvalue weighted by Crippen LogP contribution is -2.56. The number of alkyl halides is 5. The van der Waals surface area contributed by atoms with Crippen LogP contribution in [0.4, 0.5) is 22.0 Å². The van der Waals surface area contributed by atoms with Crippen molar-refractivity contribution >= 4 is 5.91 Å². The van der Waals surface area contributed by atoms with Gasteiger partial charge < -0.3 is 14.8 Å². The molecule has 1 aromatic rings. The summed E-state index contributed by atoms with van der Waals surface area (Å²) in [6.07, 6.45) is 1.73. The molecule has 1 amide bonds. The van der Waals surface area contributed by atoms with Crippen molar-refractivity contribution in [1.82, 2.24) is 20.0 Å². The van der Waals surface area contributed by atoms with Gasteiger partial charge in [-0.2, -0.15) is 5.10 Å². The summed E-state index contributed by atoms with van der Waals surface area (Å²) in [4.78, 5) is 14.4. The summed E-state index contributed by atoms with van der Waals surface area (Å²) in [6, 6.07) is 1.27. The van der Waals surface area contributed by atoms with Gasteiger partial charge in [0.25, 0.3) is 11.8 Å². The lowest BCUT2D eigenvalue weighted by Gasteiger charge is -2.38. The summed E-state index contributed by atoms with van der Waals surface area (Å²) < 4.78 is 79.6. The van der Waals surface area contributed by atoms with Gasteiger partial charge >= 0.3 is 6.36 Å². The number of carbonyl (C=O) groups excluding carboxylic acids is 1. The van der Waals surface area contributed by atoms with Gasteiger partial charge in [-0.1, -0.05) is 18.2 Å². The van der Waals surface area contributed by atoms with Crippen LogP contribution in [0.5, 0.6) is 5.88 Å². The summed E-state index contributed by atoms with van der Waals surface area (Å²) in [5.41, 5.74) is 0.938. The van der Waals surface area contributed by atoms with E-state index in [1.807, 2.05) is 12.2 Å². The van der Waals surface area contributed by atoms with Crippen LogP contribution in [0.25, 0.3) is 0 Å². The molecule has 0 saturated carbocycles. The van der Waals surface area contributed by atoms with Crippen molar-refractivity contribution < 1.29 is 41.0 Å². The van der Waals surface area contributed by atoms with E-state index in [2.05, 4.69) is 15.2 Å². The van der Waals surface area contributed by atoms with Crippen LogP contribution in [0.2, 0.25) is 0 Å². The molecule has 4 aliphatic rings. The molecule has 2 fully saturated rings. The van der Waals surface area contributed by atoms with E-state index in [0.717, 1.165) is 5.57 Å². The summed E-state index contributed by atoms with van der Waals surface area (Å²) in [7, 11) is 0. The number of allylic oxidation sites excluding steroid dienone is 1. The van der Waals surface area contributed by atoms with Gasteiger partial charge in [0.2, 0.25) is 5.88 Å². The number of amides is 1. The first-order chi connectivity index (χ1) is 17.0. The SMILES string of the molecule is O=C(N[C@H]1COC2C=CC(CCOC(F)(F)F)=CC2C1)c1cc2n(n1)CC(CCN1CC(F)(F)C1)O2. The highest BCUT2D eigenvalue weighted by atomic mass is 19.4. The number of aromatic nitrogens is 2. The molecule has 2 saturated heterocycles. The maximum atomic E-state index is 12.9. The predicted octanol–water partition coefficient (Wildman–Crippen LogP) is 2.91. The van der Waals surface area contributed by atoms with E-state index < -0.39 is 18.9 Å². The van der Waals surface area contributed by atoms with Gasteiger partial charge in [0.1, 0.15) is 6.10 Å². The van der Waals surface area contributed by atoms with E-state index in [-0.39, 0.29) is 55.3 Å². The predicted molar refractivity (Wildman–Crippen MR) is 116 cm³/mol. The molecule has 13 heteroatoms. The highest BCUT2D eigenvalue weighted by Crippen LogP contribution is 2.31. The van der Waals surface area contributed by atoms with E-state index in [1.165, 1.54) is 0 Å². The number of halogens is 5. The van der Waals surface area contributed by atoms with Crippen LogP contribution in [0, 0.1) is 5.92 Å². The standard InChI is InChI=1S/C23H27F5N4O4/c24-22(25)12-31(13-22)5-3-17-10-32-20(36-17)9-18(30-32)21(33)29-16-8-15-7-14(1-2-19(15)34-11-16)4-6-35-23(26,27)28/h1-2,7,9,15-17,19H,3-6,8,10-13H2,(H,29,33)/t15?,16-,17?,19?/m1/s1. The summed E-state index contributed by atoms with van der Waals surface area (Å²) in [6.45, 7) is 0.367. The average molecular weight is 518 g/mol. The average Bonchev–Trinajstić information content (AvgIpc) is 3.34. The molecule has 0 radical (unpaired) electrons. The maximum absolute atomic E-state index is 12.9. The van der Waals surface area contributed by atoms with Crippen LogP contribution >= 0.6 is 0 Å².